The second-order valence-electron chi connectivity index (χ2n) is 5.32. The molecule has 3 heteroatoms. The van der Waals surface area contributed by atoms with Crippen molar-refractivity contribution in [3.63, 3.8) is 0 Å². The van der Waals surface area contributed by atoms with Gasteiger partial charge in [-0.1, -0.05) is 0 Å². The summed E-state index contributed by atoms with van der Waals surface area (Å²) in [6.45, 7) is 5.73. The lowest BCUT2D eigenvalue weighted by Crippen LogP contribution is -2.38. The van der Waals surface area contributed by atoms with Gasteiger partial charge in [-0.2, -0.15) is 0 Å². The molecule has 0 aliphatic carbocycles. The lowest BCUT2D eigenvalue weighted by Gasteiger charge is -2.21. The number of aromatic nitrogens is 1. The van der Waals surface area contributed by atoms with Gasteiger partial charge >= 0.3 is 0 Å². The Hall–Kier alpha value is -0.930. The molecule has 0 aromatic carbocycles. The van der Waals surface area contributed by atoms with Crippen LogP contribution in [0.4, 0.5) is 0 Å². The van der Waals surface area contributed by atoms with Crippen LogP contribution in [-0.4, -0.2) is 35.1 Å². The molecule has 2 atom stereocenters. The van der Waals surface area contributed by atoms with Gasteiger partial charge in [0.05, 0.1) is 0 Å². The first-order valence-electron chi connectivity index (χ1n) is 6.71. The Morgan fingerprint density at radius 1 is 1.41 bits per heavy atom. The van der Waals surface area contributed by atoms with Crippen LogP contribution in [0.3, 0.4) is 0 Å². The maximum atomic E-state index is 4.14. The number of nitrogens with one attached hydrogen (secondary N) is 1. The van der Waals surface area contributed by atoms with Gasteiger partial charge in [-0.15, -0.1) is 0 Å². The van der Waals surface area contributed by atoms with Crippen molar-refractivity contribution < 1.29 is 0 Å². The minimum atomic E-state index is 0.699. The maximum absolute atomic E-state index is 4.14. The van der Waals surface area contributed by atoms with E-state index in [-0.39, 0.29) is 0 Å². The third-order valence-corrected chi connectivity index (χ3v) is 4.30. The average Bonchev–Trinajstić information content (AvgIpc) is 2.91. The number of nitrogens with zero attached hydrogens (tertiary/aromatic N) is 2. The van der Waals surface area contributed by atoms with Crippen molar-refractivity contribution in [3.05, 3.63) is 29.6 Å². The summed E-state index contributed by atoms with van der Waals surface area (Å²) < 4.78 is 0. The molecular weight excluding hydrogens is 210 g/mol. The zero-order valence-electron chi connectivity index (χ0n) is 10.5. The van der Waals surface area contributed by atoms with Crippen molar-refractivity contribution in [1.82, 2.24) is 15.2 Å². The number of pyridine rings is 1. The van der Waals surface area contributed by atoms with E-state index in [4.69, 9.17) is 0 Å². The molecule has 3 nitrogen and oxygen atoms in total. The molecule has 2 unspecified atom stereocenters. The summed E-state index contributed by atoms with van der Waals surface area (Å²) in [5.41, 5.74) is 2.68. The summed E-state index contributed by atoms with van der Waals surface area (Å²) in [5.74, 6) is 0. The van der Waals surface area contributed by atoms with Gasteiger partial charge in [0.25, 0.3) is 0 Å². The lowest BCUT2D eigenvalue weighted by atomic mass is 10.1. The monoisotopic (exact) mass is 231 g/mol. The quantitative estimate of drug-likeness (QED) is 0.858. The first-order valence-corrected chi connectivity index (χ1v) is 6.71. The fraction of sp³-hybridized carbons (Fsp3) is 0.643. The molecule has 1 N–H and O–H groups in total. The minimum Gasteiger partial charge on any atom is -0.308 e. The Bertz CT molecular complexity index is 391. The Kier molecular flexibility index (Phi) is 3.12. The van der Waals surface area contributed by atoms with Gasteiger partial charge in [-0.3, -0.25) is 9.88 Å². The molecule has 0 spiro atoms. The first-order chi connectivity index (χ1) is 8.34. The molecule has 3 rings (SSSR count). The van der Waals surface area contributed by atoms with E-state index in [1.54, 1.807) is 0 Å². The fourth-order valence-electron chi connectivity index (χ4n) is 3.26. The van der Waals surface area contributed by atoms with E-state index in [0.29, 0.717) is 6.04 Å². The molecular formula is C14H21N3. The Morgan fingerprint density at radius 2 is 2.35 bits per heavy atom. The number of fused-ring (bicyclic) bond motifs is 1. The normalized spacial score (nSPS) is 28.5. The Morgan fingerprint density at radius 3 is 3.24 bits per heavy atom. The molecule has 0 radical (unpaired) electrons. The zero-order valence-corrected chi connectivity index (χ0v) is 10.5. The van der Waals surface area contributed by atoms with Crippen molar-refractivity contribution in [2.24, 2.45) is 0 Å². The molecule has 0 bridgehead atoms. The second-order valence-corrected chi connectivity index (χ2v) is 5.32. The Labute approximate surface area is 103 Å². The van der Waals surface area contributed by atoms with Crippen LogP contribution in [0.1, 0.15) is 30.4 Å². The molecule has 17 heavy (non-hydrogen) atoms. The van der Waals surface area contributed by atoms with Crippen molar-refractivity contribution in [2.45, 2.75) is 44.8 Å². The topological polar surface area (TPSA) is 28.2 Å². The maximum Gasteiger partial charge on any atom is 0.0300 e. The third kappa shape index (κ3) is 2.22. The summed E-state index contributed by atoms with van der Waals surface area (Å²) in [7, 11) is 0. The molecule has 2 fully saturated rings. The van der Waals surface area contributed by atoms with Gasteiger partial charge < -0.3 is 5.32 Å². The third-order valence-electron chi connectivity index (χ3n) is 4.30. The standard InChI is InChI=1S/C14H21N3/c1-11-9-15-6-4-12(11)10-16-13-5-8-17-7-2-3-14(13)17/h4,6,9,13-14,16H,2-3,5,7-8,10H2,1H3. The van der Waals surface area contributed by atoms with Crippen LogP contribution in [0.25, 0.3) is 0 Å². The highest BCUT2D eigenvalue weighted by molar-refractivity contribution is 5.21. The van der Waals surface area contributed by atoms with Crippen molar-refractivity contribution >= 4 is 0 Å². The van der Waals surface area contributed by atoms with Gasteiger partial charge in [0.15, 0.2) is 0 Å². The van der Waals surface area contributed by atoms with E-state index >= 15 is 0 Å². The van der Waals surface area contributed by atoms with Gasteiger partial charge in [0.2, 0.25) is 0 Å². The number of aryl methyl sites for hydroxylation is 1. The van der Waals surface area contributed by atoms with E-state index in [2.05, 4.69) is 28.2 Å². The highest BCUT2D eigenvalue weighted by atomic mass is 15.2. The largest absolute Gasteiger partial charge is 0.308 e. The summed E-state index contributed by atoms with van der Waals surface area (Å²) in [6.07, 6.45) is 7.92. The van der Waals surface area contributed by atoms with E-state index in [1.807, 2.05) is 12.4 Å². The van der Waals surface area contributed by atoms with Gasteiger partial charge in [0.1, 0.15) is 0 Å². The van der Waals surface area contributed by atoms with E-state index in [1.165, 1.54) is 43.5 Å². The van der Waals surface area contributed by atoms with Crippen LogP contribution in [0.2, 0.25) is 0 Å². The molecule has 0 saturated carbocycles. The molecule has 2 aliphatic heterocycles. The zero-order chi connectivity index (χ0) is 11.7. The molecule has 2 aliphatic rings. The van der Waals surface area contributed by atoms with Crippen molar-refractivity contribution in [1.29, 1.82) is 0 Å². The summed E-state index contributed by atoms with van der Waals surface area (Å²) >= 11 is 0. The number of hydrogen-bond acceptors (Lipinski definition) is 3. The van der Waals surface area contributed by atoms with Crippen molar-refractivity contribution in [2.75, 3.05) is 13.1 Å². The van der Waals surface area contributed by atoms with Crippen LogP contribution in [0.15, 0.2) is 18.5 Å². The Balaban J connectivity index is 1.60. The average molecular weight is 231 g/mol. The molecule has 3 heterocycles. The van der Waals surface area contributed by atoms with Crippen LogP contribution in [-0.2, 0) is 6.54 Å². The van der Waals surface area contributed by atoms with E-state index in [9.17, 15) is 0 Å². The van der Waals surface area contributed by atoms with Gasteiger partial charge in [0, 0.05) is 37.6 Å². The number of rotatable bonds is 3. The lowest BCUT2D eigenvalue weighted by molar-refractivity contribution is 0.298. The molecule has 2 saturated heterocycles. The predicted octanol–water partition coefficient (Wildman–Crippen LogP) is 1.72. The summed E-state index contributed by atoms with van der Waals surface area (Å²) in [4.78, 5) is 6.79. The molecule has 0 amide bonds. The molecule has 1 aromatic rings. The first kappa shape index (κ1) is 11.2. The van der Waals surface area contributed by atoms with Crippen molar-refractivity contribution in [3.8, 4) is 0 Å². The van der Waals surface area contributed by atoms with Gasteiger partial charge in [-0.05, 0) is 49.9 Å². The van der Waals surface area contributed by atoms with E-state index in [0.717, 1.165) is 12.6 Å². The SMILES string of the molecule is Cc1cnccc1CNC1CCN2CCCC12. The predicted molar refractivity (Wildman–Crippen MR) is 68.8 cm³/mol. The van der Waals surface area contributed by atoms with Gasteiger partial charge in [-0.25, -0.2) is 0 Å². The highest BCUT2D eigenvalue weighted by Gasteiger charge is 2.36. The van der Waals surface area contributed by atoms with Crippen LogP contribution in [0, 0.1) is 6.92 Å². The fourth-order valence-corrected chi connectivity index (χ4v) is 3.26. The summed E-state index contributed by atoms with van der Waals surface area (Å²) in [5, 5.41) is 3.74. The smallest absolute Gasteiger partial charge is 0.0300 e. The molecule has 92 valence electrons. The van der Waals surface area contributed by atoms with Crippen LogP contribution < -0.4 is 5.32 Å². The molecule has 1 aromatic heterocycles. The second kappa shape index (κ2) is 4.75. The number of hydrogen-bond donors (Lipinski definition) is 1. The van der Waals surface area contributed by atoms with E-state index < -0.39 is 0 Å². The highest BCUT2D eigenvalue weighted by Crippen LogP contribution is 2.28. The summed E-state index contributed by atoms with van der Waals surface area (Å²) in [6, 6.07) is 3.63. The van der Waals surface area contributed by atoms with Crippen LogP contribution >= 0.6 is 0 Å². The minimum absolute atomic E-state index is 0.699. The van der Waals surface area contributed by atoms with Crippen LogP contribution in [0.5, 0.6) is 0 Å².